The number of hydrogen-bond acceptors (Lipinski definition) is 2. The van der Waals surface area contributed by atoms with E-state index in [-0.39, 0.29) is 0 Å². The Balaban J connectivity index is 2.73. The monoisotopic (exact) mass is 216 g/mol. The Morgan fingerprint density at radius 3 is 2.56 bits per heavy atom. The third kappa shape index (κ3) is 3.35. The number of hydrogen-bond donors (Lipinski definition) is 0. The molecule has 0 aliphatic rings. The van der Waals surface area contributed by atoms with Crippen LogP contribution < -0.4 is 4.57 Å². The van der Waals surface area contributed by atoms with Gasteiger partial charge in [-0.25, -0.2) is 4.57 Å². The normalized spacial score (nSPS) is 11.8. The number of hydrazone groups is 1. The molecule has 0 radical (unpaired) electrons. The molecule has 0 amide bonds. The first-order chi connectivity index (χ1) is 7.67. The standard InChI is InChI=1S/C13H18N3/c1-5-13(6-2)16(4)14-11-12-7-9-15(3)10-8-12/h5-11H,1H2,2-4H3/q+1/b13-6+. The zero-order chi connectivity index (χ0) is 12.0. The summed E-state index contributed by atoms with van der Waals surface area (Å²) in [5.41, 5.74) is 2.06. The van der Waals surface area contributed by atoms with Crippen LogP contribution in [0.4, 0.5) is 0 Å². The van der Waals surface area contributed by atoms with E-state index >= 15 is 0 Å². The zero-order valence-corrected chi connectivity index (χ0v) is 10.1. The SMILES string of the molecule is C=C/C(=C\C)N(C)N=Cc1cc[n+](C)cc1. The van der Waals surface area contributed by atoms with E-state index < -0.39 is 0 Å². The number of allylic oxidation sites excluding steroid dienone is 2. The second kappa shape index (κ2) is 5.85. The third-order valence-corrected chi connectivity index (χ3v) is 2.26. The number of aryl methyl sites for hydroxylation is 1. The molecular formula is C13H18N3+. The summed E-state index contributed by atoms with van der Waals surface area (Å²) >= 11 is 0. The van der Waals surface area contributed by atoms with Gasteiger partial charge >= 0.3 is 0 Å². The second-order valence-electron chi connectivity index (χ2n) is 3.48. The first-order valence-electron chi connectivity index (χ1n) is 5.19. The Bertz CT molecular complexity index is 402. The fraction of sp³-hybridized carbons (Fsp3) is 0.231. The van der Waals surface area contributed by atoms with E-state index in [4.69, 9.17) is 0 Å². The molecule has 84 valence electrons. The van der Waals surface area contributed by atoms with Crippen LogP contribution in [-0.4, -0.2) is 18.3 Å². The lowest BCUT2D eigenvalue weighted by molar-refractivity contribution is -0.671. The summed E-state index contributed by atoms with van der Waals surface area (Å²) in [5.74, 6) is 0. The van der Waals surface area contributed by atoms with Gasteiger partial charge < -0.3 is 0 Å². The van der Waals surface area contributed by atoms with Crippen molar-refractivity contribution in [1.82, 2.24) is 5.01 Å². The molecule has 0 aliphatic heterocycles. The van der Waals surface area contributed by atoms with Crippen LogP contribution in [0.1, 0.15) is 12.5 Å². The maximum absolute atomic E-state index is 4.33. The van der Waals surface area contributed by atoms with Crippen LogP contribution in [0.2, 0.25) is 0 Å². The van der Waals surface area contributed by atoms with Crippen LogP contribution >= 0.6 is 0 Å². The van der Waals surface area contributed by atoms with Crippen molar-refractivity contribution in [2.24, 2.45) is 12.1 Å². The van der Waals surface area contributed by atoms with E-state index in [1.807, 2.05) is 62.4 Å². The Labute approximate surface area is 97.0 Å². The summed E-state index contributed by atoms with van der Waals surface area (Å²) in [4.78, 5) is 0. The molecule has 1 aromatic rings. The van der Waals surface area contributed by atoms with E-state index in [1.54, 1.807) is 11.1 Å². The minimum absolute atomic E-state index is 0.984. The highest BCUT2D eigenvalue weighted by molar-refractivity contribution is 5.78. The van der Waals surface area contributed by atoms with Gasteiger partial charge in [0.2, 0.25) is 0 Å². The fourth-order valence-electron chi connectivity index (χ4n) is 1.26. The molecule has 0 unspecified atom stereocenters. The van der Waals surface area contributed by atoms with Crippen molar-refractivity contribution in [3.05, 3.63) is 54.5 Å². The summed E-state index contributed by atoms with van der Waals surface area (Å²) in [6, 6.07) is 4.03. The first-order valence-corrected chi connectivity index (χ1v) is 5.19. The molecule has 0 fully saturated rings. The van der Waals surface area contributed by atoms with Crippen molar-refractivity contribution in [3.8, 4) is 0 Å². The predicted octanol–water partition coefficient (Wildman–Crippen LogP) is 1.87. The maximum atomic E-state index is 4.33. The van der Waals surface area contributed by atoms with Crippen LogP contribution in [0.3, 0.4) is 0 Å². The van der Waals surface area contributed by atoms with Crippen LogP contribution in [0.25, 0.3) is 0 Å². The fourth-order valence-corrected chi connectivity index (χ4v) is 1.26. The molecule has 0 saturated heterocycles. The molecule has 0 bridgehead atoms. The highest BCUT2D eigenvalue weighted by Gasteiger charge is 1.96. The summed E-state index contributed by atoms with van der Waals surface area (Å²) in [6.07, 6.45) is 9.56. The van der Waals surface area contributed by atoms with Crippen LogP contribution in [0.15, 0.2) is 54.1 Å². The van der Waals surface area contributed by atoms with Crippen molar-refractivity contribution in [2.75, 3.05) is 7.05 Å². The minimum Gasteiger partial charge on any atom is -0.269 e. The quantitative estimate of drug-likeness (QED) is 0.325. The molecule has 0 saturated carbocycles. The van der Waals surface area contributed by atoms with Gasteiger partial charge in [-0.2, -0.15) is 5.10 Å². The highest BCUT2D eigenvalue weighted by Crippen LogP contribution is 2.02. The van der Waals surface area contributed by atoms with E-state index in [2.05, 4.69) is 11.7 Å². The average molecular weight is 216 g/mol. The van der Waals surface area contributed by atoms with Crippen molar-refractivity contribution in [1.29, 1.82) is 0 Å². The molecule has 1 heterocycles. The molecule has 0 atom stereocenters. The van der Waals surface area contributed by atoms with Gasteiger partial charge in [-0.3, -0.25) is 5.01 Å². The zero-order valence-electron chi connectivity index (χ0n) is 10.1. The molecule has 0 spiro atoms. The Kier molecular flexibility index (Phi) is 4.45. The van der Waals surface area contributed by atoms with Gasteiger partial charge in [0.15, 0.2) is 12.4 Å². The average Bonchev–Trinajstić information content (AvgIpc) is 2.30. The topological polar surface area (TPSA) is 19.5 Å². The van der Waals surface area contributed by atoms with Gasteiger partial charge in [-0.15, -0.1) is 0 Å². The Morgan fingerprint density at radius 2 is 2.06 bits per heavy atom. The molecule has 3 heteroatoms. The molecule has 16 heavy (non-hydrogen) atoms. The molecule has 3 nitrogen and oxygen atoms in total. The van der Waals surface area contributed by atoms with Crippen LogP contribution in [0, 0.1) is 0 Å². The van der Waals surface area contributed by atoms with Crippen LogP contribution in [0.5, 0.6) is 0 Å². The lowest BCUT2D eigenvalue weighted by atomic mass is 10.3. The van der Waals surface area contributed by atoms with Crippen molar-refractivity contribution in [2.45, 2.75) is 6.92 Å². The molecule has 0 aliphatic carbocycles. The molecule has 1 aromatic heterocycles. The first kappa shape index (κ1) is 12.2. The van der Waals surface area contributed by atoms with E-state index in [9.17, 15) is 0 Å². The van der Waals surface area contributed by atoms with Gasteiger partial charge in [0.1, 0.15) is 7.05 Å². The molecule has 1 rings (SSSR count). The summed E-state index contributed by atoms with van der Waals surface area (Å²) in [7, 11) is 3.89. The number of nitrogens with zero attached hydrogens (tertiary/aromatic N) is 3. The van der Waals surface area contributed by atoms with Gasteiger partial charge in [-0.05, 0) is 13.0 Å². The van der Waals surface area contributed by atoms with Gasteiger partial charge in [-0.1, -0.05) is 12.7 Å². The van der Waals surface area contributed by atoms with Gasteiger partial charge in [0.05, 0.1) is 11.9 Å². The number of rotatable bonds is 4. The lowest BCUT2D eigenvalue weighted by Gasteiger charge is -2.12. The van der Waals surface area contributed by atoms with E-state index in [0.717, 1.165) is 11.3 Å². The van der Waals surface area contributed by atoms with Gasteiger partial charge in [0.25, 0.3) is 0 Å². The largest absolute Gasteiger partial charge is 0.269 e. The molecular weight excluding hydrogens is 198 g/mol. The Morgan fingerprint density at radius 1 is 1.44 bits per heavy atom. The molecule has 0 N–H and O–H groups in total. The third-order valence-electron chi connectivity index (χ3n) is 2.26. The number of likely N-dealkylation sites (N-methyl/N-ethyl adjacent to an activating group) is 1. The predicted molar refractivity (Wildman–Crippen MR) is 66.9 cm³/mol. The van der Waals surface area contributed by atoms with E-state index in [0.29, 0.717) is 0 Å². The van der Waals surface area contributed by atoms with Gasteiger partial charge in [0, 0.05) is 24.7 Å². The van der Waals surface area contributed by atoms with Crippen molar-refractivity contribution in [3.63, 3.8) is 0 Å². The maximum Gasteiger partial charge on any atom is 0.169 e. The number of aromatic nitrogens is 1. The summed E-state index contributed by atoms with van der Waals surface area (Å²) in [6.45, 7) is 5.70. The summed E-state index contributed by atoms with van der Waals surface area (Å²) < 4.78 is 1.99. The second-order valence-corrected chi connectivity index (χ2v) is 3.48. The van der Waals surface area contributed by atoms with Crippen molar-refractivity contribution < 1.29 is 4.57 Å². The lowest BCUT2D eigenvalue weighted by Crippen LogP contribution is -2.25. The van der Waals surface area contributed by atoms with Crippen LogP contribution in [-0.2, 0) is 7.05 Å². The summed E-state index contributed by atoms with van der Waals surface area (Å²) in [5, 5.41) is 6.12. The van der Waals surface area contributed by atoms with E-state index in [1.165, 1.54) is 0 Å². The smallest absolute Gasteiger partial charge is 0.169 e. The number of pyridine rings is 1. The highest BCUT2D eigenvalue weighted by atomic mass is 15.4. The van der Waals surface area contributed by atoms with Crippen molar-refractivity contribution >= 4 is 6.21 Å². The molecule has 0 aromatic carbocycles. The minimum atomic E-state index is 0.984. The Hall–Kier alpha value is -1.90.